The number of allylic oxidation sites excluding steroid dienone is 1. The van der Waals surface area contributed by atoms with E-state index in [-0.39, 0.29) is 5.91 Å². The Balaban J connectivity index is 2.02. The highest BCUT2D eigenvalue weighted by Gasteiger charge is 2.19. The monoisotopic (exact) mass is 355 g/mol. The van der Waals surface area contributed by atoms with Gasteiger partial charge in [-0.2, -0.15) is 0 Å². The van der Waals surface area contributed by atoms with Gasteiger partial charge in [0.2, 0.25) is 5.91 Å². The Morgan fingerprint density at radius 3 is 2.38 bits per heavy atom. The van der Waals surface area contributed by atoms with Gasteiger partial charge in [-0.1, -0.05) is 12.8 Å². The van der Waals surface area contributed by atoms with Crippen LogP contribution in [0.15, 0.2) is 16.6 Å². The highest BCUT2D eigenvalue weighted by atomic mass is 16.5. The van der Waals surface area contributed by atoms with Gasteiger partial charge < -0.3 is 14.1 Å². The van der Waals surface area contributed by atoms with E-state index < -0.39 is 0 Å². The van der Waals surface area contributed by atoms with Gasteiger partial charge in [0.1, 0.15) is 17.1 Å². The van der Waals surface area contributed by atoms with Crippen LogP contribution in [-0.2, 0) is 4.79 Å². The Kier molecular flexibility index (Phi) is 5.40. The standard InChI is InChI=1S/C22H29NO3/c1-14(12-20(24)23-10-8-6-7-9-11-23)18-13-19-15(2)17(4)26-22(19)16(3)21(18)25-5/h12-13H,6-11H2,1-5H3/b14-12+. The van der Waals surface area contributed by atoms with Gasteiger partial charge >= 0.3 is 0 Å². The number of furan rings is 1. The average molecular weight is 355 g/mol. The Bertz CT molecular complexity index is 852. The SMILES string of the molecule is COc1c(/C(C)=C/C(=O)N2CCCCCC2)cc2c(C)c(C)oc2c1C. The maximum absolute atomic E-state index is 12.7. The van der Waals surface area contributed by atoms with Crippen LogP contribution in [0.4, 0.5) is 0 Å². The minimum atomic E-state index is 0.101. The van der Waals surface area contributed by atoms with E-state index in [4.69, 9.17) is 9.15 Å². The number of amides is 1. The molecular weight excluding hydrogens is 326 g/mol. The molecule has 2 heterocycles. The summed E-state index contributed by atoms with van der Waals surface area (Å²) in [4.78, 5) is 14.7. The van der Waals surface area contributed by atoms with Crippen molar-refractivity contribution < 1.29 is 13.9 Å². The summed E-state index contributed by atoms with van der Waals surface area (Å²) >= 11 is 0. The number of hydrogen-bond acceptors (Lipinski definition) is 3. The number of methoxy groups -OCH3 is 1. The largest absolute Gasteiger partial charge is 0.496 e. The molecule has 0 bridgehead atoms. The Labute approximate surface area is 155 Å². The number of ether oxygens (including phenoxy) is 1. The van der Waals surface area contributed by atoms with Crippen LogP contribution < -0.4 is 4.74 Å². The van der Waals surface area contributed by atoms with E-state index in [9.17, 15) is 4.79 Å². The molecule has 1 aliphatic rings. The van der Waals surface area contributed by atoms with Crippen molar-refractivity contribution in [1.29, 1.82) is 0 Å². The number of rotatable bonds is 3. The maximum atomic E-state index is 12.7. The first-order valence-corrected chi connectivity index (χ1v) is 9.49. The topological polar surface area (TPSA) is 42.7 Å². The summed E-state index contributed by atoms with van der Waals surface area (Å²) in [5.41, 5.74) is 4.88. The number of benzene rings is 1. The Morgan fingerprint density at radius 2 is 1.77 bits per heavy atom. The van der Waals surface area contributed by atoms with Crippen LogP contribution in [-0.4, -0.2) is 31.0 Å². The second-order valence-electron chi connectivity index (χ2n) is 7.31. The zero-order valence-electron chi connectivity index (χ0n) is 16.6. The van der Waals surface area contributed by atoms with Crippen molar-refractivity contribution in [2.75, 3.05) is 20.2 Å². The van der Waals surface area contributed by atoms with Crippen LogP contribution in [0.25, 0.3) is 16.5 Å². The number of hydrogen-bond donors (Lipinski definition) is 0. The molecule has 1 saturated heterocycles. The van der Waals surface area contributed by atoms with Gasteiger partial charge in [0, 0.05) is 35.7 Å². The molecular formula is C22H29NO3. The quantitative estimate of drug-likeness (QED) is 0.713. The third kappa shape index (κ3) is 3.37. The molecule has 0 saturated carbocycles. The third-order valence-electron chi connectivity index (χ3n) is 5.53. The second-order valence-corrected chi connectivity index (χ2v) is 7.31. The predicted octanol–water partition coefficient (Wildman–Crippen LogP) is 5.17. The smallest absolute Gasteiger partial charge is 0.246 e. The predicted molar refractivity (Wildman–Crippen MR) is 106 cm³/mol. The van der Waals surface area contributed by atoms with Gasteiger partial charge in [-0.3, -0.25) is 4.79 Å². The summed E-state index contributed by atoms with van der Waals surface area (Å²) in [5, 5.41) is 1.09. The summed E-state index contributed by atoms with van der Waals surface area (Å²) in [6.45, 7) is 9.76. The average Bonchev–Trinajstić information content (AvgIpc) is 2.82. The number of fused-ring (bicyclic) bond motifs is 1. The summed E-state index contributed by atoms with van der Waals surface area (Å²) in [5.74, 6) is 1.80. The summed E-state index contributed by atoms with van der Waals surface area (Å²) in [6, 6.07) is 2.09. The van der Waals surface area contributed by atoms with Crippen molar-refractivity contribution in [2.45, 2.75) is 53.4 Å². The molecule has 0 N–H and O–H groups in total. The van der Waals surface area contributed by atoms with E-state index in [0.717, 1.165) is 70.7 Å². The van der Waals surface area contributed by atoms with Gasteiger partial charge in [0.05, 0.1) is 7.11 Å². The van der Waals surface area contributed by atoms with E-state index >= 15 is 0 Å². The van der Waals surface area contributed by atoms with Crippen molar-refractivity contribution in [3.05, 3.63) is 34.6 Å². The minimum Gasteiger partial charge on any atom is -0.496 e. The molecule has 0 radical (unpaired) electrons. The zero-order valence-corrected chi connectivity index (χ0v) is 16.6. The molecule has 0 spiro atoms. The summed E-state index contributed by atoms with van der Waals surface area (Å²) in [6.07, 6.45) is 6.39. The van der Waals surface area contributed by atoms with Crippen molar-refractivity contribution >= 4 is 22.4 Å². The van der Waals surface area contributed by atoms with E-state index in [0.29, 0.717) is 0 Å². The molecule has 0 aliphatic carbocycles. The van der Waals surface area contributed by atoms with E-state index in [1.807, 2.05) is 25.7 Å². The molecule has 1 amide bonds. The van der Waals surface area contributed by atoms with E-state index in [1.54, 1.807) is 13.2 Å². The summed E-state index contributed by atoms with van der Waals surface area (Å²) < 4.78 is 11.6. The van der Waals surface area contributed by atoms with Crippen LogP contribution >= 0.6 is 0 Å². The highest BCUT2D eigenvalue weighted by molar-refractivity contribution is 5.98. The molecule has 1 aliphatic heterocycles. The van der Waals surface area contributed by atoms with Gasteiger partial charge in [-0.15, -0.1) is 0 Å². The molecule has 140 valence electrons. The lowest BCUT2D eigenvalue weighted by Gasteiger charge is -2.19. The molecule has 1 aromatic heterocycles. The lowest BCUT2D eigenvalue weighted by molar-refractivity contribution is -0.125. The van der Waals surface area contributed by atoms with Crippen molar-refractivity contribution in [1.82, 2.24) is 4.90 Å². The number of carbonyl (C=O) groups excluding carboxylic acids is 1. The zero-order chi connectivity index (χ0) is 18.8. The first kappa shape index (κ1) is 18.6. The fourth-order valence-electron chi connectivity index (χ4n) is 3.81. The first-order valence-electron chi connectivity index (χ1n) is 9.49. The Hall–Kier alpha value is -2.23. The van der Waals surface area contributed by atoms with Crippen LogP contribution in [0.3, 0.4) is 0 Å². The van der Waals surface area contributed by atoms with Crippen LogP contribution in [0.5, 0.6) is 5.75 Å². The lowest BCUT2D eigenvalue weighted by atomic mass is 9.98. The molecule has 4 nitrogen and oxygen atoms in total. The molecule has 0 unspecified atom stereocenters. The Morgan fingerprint density at radius 1 is 1.12 bits per heavy atom. The van der Waals surface area contributed by atoms with Gasteiger partial charge in [0.15, 0.2) is 0 Å². The van der Waals surface area contributed by atoms with E-state index in [1.165, 1.54) is 12.8 Å². The second kappa shape index (κ2) is 7.56. The molecule has 3 rings (SSSR count). The van der Waals surface area contributed by atoms with Gasteiger partial charge in [0.25, 0.3) is 0 Å². The van der Waals surface area contributed by atoms with Crippen LogP contribution in [0.1, 0.15) is 55.1 Å². The first-order chi connectivity index (χ1) is 12.4. The van der Waals surface area contributed by atoms with Gasteiger partial charge in [-0.05, 0) is 57.7 Å². The third-order valence-corrected chi connectivity index (χ3v) is 5.53. The number of carbonyl (C=O) groups is 1. The normalized spacial score (nSPS) is 16.0. The number of nitrogens with zero attached hydrogens (tertiary/aromatic N) is 1. The fourth-order valence-corrected chi connectivity index (χ4v) is 3.81. The van der Waals surface area contributed by atoms with Crippen LogP contribution in [0, 0.1) is 20.8 Å². The lowest BCUT2D eigenvalue weighted by Crippen LogP contribution is -2.30. The van der Waals surface area contributed by atoms with Crippen molar-refractivity contribution in [2.24, 2.45) is 0 Å². The number of likely N-dealkylation sites (tertiary alicyclic amines) is 1. The highest BCUT2D eigenvalue weighted by Crippen LogP contribution is 2.38. The van der Waals surface area contributed by atoms with Crippen LogP contribution in [0.2, 0.25) is 0 Å². The molecule has 2 aromatic rings. The maximum Gasteiger partial charge on any atom is 0.246 e. The van der Waals surface area contributed by atoms with Crippen molar-refractivity contribution in [3.63, 3.8) is 0 Å². The van der Waals surface area contributed by atoms with E-state index in [2.05, 4.69) is 13.0 Å². The molecule has 1 fully saturated rings. The molecule has 0 atom stereocenters. The molecule has 26 heavy (non-hydrogen) atoms. The van der Waals surface area contributed by atoms with Gasteiger partial charge in [-0.25, -0.2) is 0 Å². The number of aryl methyl sites for hydroxylation is 3. The summed E-state index contributed by atoms with van der Waals surface area (Å²) in [7, 11) is 1.67. The minimum absolute atomic E-state index is 0.101. The molecule has 1 aromatic carbocycles. The molecule has 4 heteroatoms. The van der Waals surface area contributed by atoms with Crippen molar-refractivity contribution in [3.8, 4) is 5.75 Å². The fraction of sp³-hybridized carbons (Fsp3) is 0.500.